The van der Waals surface area contributed by atoms with Crippen LogP contribution in [0.5, 0.6) is 0 Å². The fourth-order valence-corrected chi connectivity index (χ4v) is 4.56. The molecule has 4 rings (SSSR count). The molecule has 7 heteroatoms. The Morgan fingerprint density at radius 1 is 0.935 bits per heavy atom. The number of piperazine rings is 1. The molecule has 1 fully saturated rings. The van der Waals surface area contributed by atoms with E-state index < -0.39 is 5.82 Å². The van der Waals surface area contributed by atoms with Gasteiger partial charge in [0, 0.05) is 35.2 Å². The van der Waals surface area contributed by atoms with Crippen molar-refractivity contribution in [2.75, 3.05) is 31.1 Å². The second-order valence-corrected chi connectivity index (χ2v) is 8.81. The van der Waals surface area contributed by atoms with Crippen LogP contribution in [0.1, 0.15) is 22.0 Å². The van der Waals surface area contributed by atoms with Crippen molar-refractivity contribution in [2.24, 2.45) is 0 Å². The highest BCUT2D eigenvalue weighted by molar-refractivity contribution is 6.36. The largest absolute Gasteiger partial charge is 0.361 e. The summed E-state index contributed by atoms with van der Waals surface area (Å²) >= 11 is 18.7. The molecular formula is C24H20Cl3FN2O. The van der Waals surface area contributed by atoms with Crippen LogP contribution in [-0.2, 0) is 0 Å². The molecular weight excluding hydrogens is 458 g/mol. The number of Topliss-reactive ketones (excluding diaryl/α,β-unsaturated/α-hetero) is 1. The molecule has 1 saturated heterocycles. The number of nitrogens with zero attached hydrogens (tertiary/aromatic N) is 2. The van der Waals surface area contributed by atoms with Crippen LogP contribution < -0.4 is 4.90 Å². The van der Waals surface area contributed by atoms with Gasteiger partial charge in [0.1, 0.15) is 5.82 Å². The van der Waals surface area contributed by atoms with Crippen LogP contribution in [0.3, 0.4) is 0 Å². The van der Waals surface area contributed by atoms with Gasteiger partial charge in [0.05, 0.1) is 23.3 Å². The van der Waals surface area contributed by atoms with E-state index in [2.05, 4.69) is 9.80 Å². The molecule has 0 aromatic heterocycles. The van der Waals surface area contributed by atoms with Gasteiger partial charge in [0.15, 0.2) is 5.78 Å². The first-order chi connectivity index (χ1) is 14.9. The highest BCUT2D eigenvalue weighted by Gasteiger charge is 2.30. The van der Waals surface area contributed by atoms with Crippen LogP contribution in [-0.4, -0.2) is 36.9 Å². The number of carbonyl (C=O) groups is 1. The molecule has 0 unspecified atom stereocenters. The Labute approximate surface area is 195 Å². The predicted molar refractivity (Wildman–Crippen MR) is 125 cm³/mol. The lowest BCUT2D eigenvalue weighted by molar-refractivity contribution is 0.0914. The monoisotopic (exact) mass is 476 g/mol. The van der Waals surface area contributed by atoms with Gasteiger partial charge in [0.25, 0.3) is 0 Å². The zero-order chi connectivity index (χ0) is 22.0. The van der Waals surface area contributed by atoms with Gasteiger partial charge in [-0.1, -0.05) is 59.1 Å². The number of anilines is 1. The van der Waals surface area contributed by atoms with Gasteiger partial charge >= 0.3 is 0 Å². The zero-order valence-corrected chi connectivity index (χ0v) is 18.8. The molecule has 0 aliphatic carbocycles. The minimum absolute atomic E-state index is 0.0370. The van der Waals surface area contributed by atoms with Crippen molar-refractivity contribution in [3.05, 3.63) is 98.7 Å². The van der Waals surface area contributed by atoms with Gasteiger partial charge in [0.2, 0.25) is 0 Å². The number of hydrogen-bond acceptors (Lipinski definition) is 3. The van der Waals surface area contributed by atoms with Crippen molar-refractivity contribution in [2.45, 2.75) is 6.04 Å². The highest BCUT2D eigenvalue weighted by Crippen LogP contribution is 2.36. The Kier molecular flexibility index (Phi) is 6.83. The van der Waals surface area contributed by atoms with Crippen LogP contribution in [0.25, 0.3) is 0 Å². The highest BCUT2D eigenvalue weighted by atomic mass is 35.5. The van der Waals surface area contributed by atoms with Crippen molar-refractivity contribution < 1.29 is 9.18 Å². The Balaban J connectivity index is 1.59. The molecule has 0 N–H and O–H groups in total. The molecule has 3 nitrogen and oxygen atoms in total. The van der Waals surface area contributed by atoms with Crippen molar-refractivity contribution >= 4 is 46.3 Å². The summed E-state index contributed by atoms with van der Waals surface area (Å²) in [5.74, 6) is -0.514. The van der Waals surface area contributed by atoms with Crippen LogP contribution >= 0.6 is 34.8 Å². The average molecular weight is 478 g/mol. The SMILES string of the molecule is O=C(CN1CCN(c2ccc(Cl)cc2Cl)[C@H](c2ccc(Cl)cc2)C1)c1cccc(F)c1. The number of halogens is 4. The van der Waals surface area contributed by atoms with Crippen LogP contribution in [0.4, 0.5) is 10.1 Å². The van der Waals surface area contributed by atoms with Gasteiger partial charge in [-0.05, 0) is 48.0 Å². The normalized spacial score (nSPS) is 17.0. The molecule has 3 aromatic carbocycles. The smallest absolute Gasteiger partial charge is 0.176 e. The molecule has 1 atom stereocenters. The Hall–Kier alpha value is -2.11. The summed E-state index contributed by atoms with van der Waals surface area (Å²) in [6.45, 7) is 2.17. The van der Waals surface area contributed by atoms with E-state index in [0.717, 1.165) is 11.3 Å². The van der Waals surface area contributed by atoms with Crippen LogP contribution in [0.2, 0.25) is 15.1 Å². The maximum atomic E-state index is 13.5. The third-order valence-corrected chi connectivity index (χ3v) is 6.24. The van der Waals surface area contributed by atoms with Crippen LogP contribution in [0, 0.1) is 5.82 Å². The van der Waals surface area contributed by atoms with Crippen molar-refractivity contribution in [1.29, 1.82) is 0 Å². The minimum atomic E-state index is -0.410. The number of hydrogen-bond donors (Lipinski definition) is 0. The van der Waals surface area contributed by atoms with E-state index >= 15 is 0 Å². The third-order valence-electron chi connectivity index (χ3n) is 5.45. The van der Waals surface area contributed by atoms with E-state index in [1.165, 1.54) is 12.1 Å². The first-order valence-corrected chi connectivity index (χ1v) is 11.0. The van der Waals surface area contributed by atoms with Crippen molar-refractivity contribution in [3.63, 3.8) is 0 Å². The maximum Gasteiger partial charge on any atom is 0.176 e. The van der Waals surface area contributed by atoms with E-state index in [0.29, 0.717) is 40.3 Å². The molecule has 3 aromatic rings. The first-order valence-electron chi connectivity index (χ1n) is 9.89. The van der Waals surface area contributed by atoms with E-state index in [-0.39, 0.29) is 18.4 Å². The summed E-state index contributed by atoms with van der Waals surface area (Å²) in [4.78, 5) is 17.0. The van der Waals surface area contributed by atoms with Gasteiger partial charge in [-0.25, -0.2) is 4.39 Å². The molecule has 31 heavy (non-hydrogen) atoms. The first kappa shape index (κ1) is 22.1. The Morgan fingerprint density at radius 2 is 1.68 bits per heavy atom. The van der Waals surface area contributed by atoms with E-state index in [9.17, 15) is 9.18 Å². The summed E-state index contributed by atoms with van der Waals surface area (Å²) in [6.07, 6.45) is 0. The molecule has 0 saturated carbocycles. The summed E-state index contributed by atoms with van der Waals surface area (Å²) in [5, 5.41) is 1.82. The topological polar surface area (TPSA) is 23.6 Å². The standard InChI is InChI=1S/C24H20Cl3FN2O/c25-18-6-4-16(5-7-18)23-14-29(15-24(31)17-2-1-3-20(28)12-17)10-11-30(23)22-9-8-19(26)13-21(22)27/h1-9,12-13,23H,10-11,14-15H2/t23-/m0/s1. The molecule has 1 aliphatic rings. The Morgan fingerprint density at radius 3 is 2.39 bits per heavy atom. The summed E-state index contributed by atoms with van der Waals surface area (Å²) in [7, 11) is 0. The molecule has 0 radical (unpaired) electrons. The van der Waals surface area contributed by atoms with E-state index in [1.54, 1.807) is 18.2 Å². The average Bonchev–Trinajstić information content (AvgIpc) is 2.75. The number of ketones is 1. The maximum absolute atomic E-state index is 13.5. The predicted octanol–water partition coefficient (Wildman–Crippen LogP) is 6.53. The minimum Gasteiger partial charge on any atom is -0.361 e. The lowest BCUT2D eigenvalue weighted by atomic mass is 10.0. The fraction of sp³-hybridized carbons (Fsp3) is 0.208. The molecule has 0 amide bonds. The summed E-state index contributed by atoms with van der Waals surface area (Å²) < 4.78 is 13.5. The van der Waals surface area contributed by atoms with E-state index in [1.807, 2.05) is 36.4 Å². The van der Waals surface area contributed by atoms with Crippen LogP contribution in [0.15, 0.2) is 66.7 Å². The van der Waals surface area contributed by atoms with Gasteiger partial charge in [-0.3, -0.25) is 9.69 Å². The van der Waals surface area contributed by atoms with Gasteiger partial charge < -0.3 is 4.90 Å². The van der Waals surface area contributed by atoms with Gasteiger partial charge in [-0.2, -0.15) is 0 Å². The van der Waals surface area contributed by atoms with Crippen molar-refractivity contribution in [3.8, 4) is 0 Å². The molecule has 1 aliphatic heterocycles. The second-order valence-electron chi connectivity index (χ2n) is 7.53. The lowest BCUT2D eigenvalue weighted by Gasteiger charge is -2.43. The van der Waals surface area contributed by atoms with E-state index in [4.69, 9.17) is 34.8 Å². The Bertz CT molecular complexity index is 1090. The zero-order valence-electron chi connectivity index (χ0n) is 16.6. The molecule has 0 spiro atoms. The third kappa shape index (κ3) is 5.21. The second kappa shape index (κ2) is 9.58. The van der Waals surface area contributed by atoms with Gasteiger partial charge in [-0.15, -0.1) is 0 Å². The molecule has 160 valence electrons. The molecule has 0 bridgehead atoms. The molecule has 1 heterocycles. The van der Waals surface area contributed by atoms with Crippen molar-refractivity contribution in [1.82, 2.24) is 4.90 Å². The quantitative estimate of drug-likeness (QED) is 0.390. The number of rotatable bonds is 5. The lowest BCUT2D eigenvalue weighted by Crippen LogP contribution is -2.50. The summed E-state index contributed by atoms with van der Waals surface area (Å²) in [6, 6.07) is 18.9. The number of benzene rings is 3. The number of carbonyl (C=O) groups excluding carboxylic acids is 1. The fourth-order valence-electron chi connectivity index (χ4n) is 3.91. The summed E-state index contributed by atoms with van der Waals surface area (Å²) in [5.41, 5.74) is 2.34.